The number of benzene rings is 1. The normalized spacial score (nSPS) is 16.3. The molecule has 1 aliphatic carbocycles. The maximum Gasteiger partial charge on any atom is 0.159 e. The molecule has 1 nitrogen and oxygen atoms in total. The summed E-state index contributed by atoms with van der Waals surface area (Å²) in [6.45, 7) is 0. The summed E-state index contributed by atoms with van der Waals surface area (Å²) in [5, 5.41) is 0. The van der Waals surface area contributed by atoms with E-state index in [2.05, 4.69) is 6.07 Å². The summed E-state index contributed by atoms with van der Waals surface area (Å²) in [6, 6.07) is 6.09. The summed E-state index contributed by atoms with van der Waals surface area (Å²) < 4.78 is 26.2. The highest BCUT2D eigenvalue weighted by molar-refractivity contribution is 7.12. The van der Waals surface area contributed by atoms with Crippen LogP contribution in [0.4, 0.5) is 8.78 Å². The Morgan fingerprint density at radius 2 is 1.86 bits per heavy atom. The fraction of sp³-hybridized carbons (Fsp3) is 0.412. The van der Waals surface area contributed by atoms with Gasteiger partial charge in [0.25, 0.3) is 0 Å². The van der Waals surface area contributed by atoms with Gasteiger partial charge in [0.15, 0.2) is 11.6 Å². The van der Waals surface area contributed by atoms with E-state index in [0.29, 0.717) is 6.42 Å². The molecule has 1 atom stereocenters. The quantitative estimate of drug-likeness (QED) is 0.828. The Hall–Kier alpha value is -1.26. The Bertz CT molecular complexity index is 612. The van der Waals surface area contributed by atoms with Crippen LogP contribution in [0.5, 0.6) is 0 Å². The van der Waals surface area contributed by atoms with Crippen molar-refractivity contribution in [2.45, 2.75) is 44.6 Å². The maximum atomic E-state index is 13.2. The van der Waals surface area contributed by atoms with Crippen molar-refractivity contribution in [3.63, 3.8) is 0 Å². The van der Waals surface area contributed by atoms with Crippen LogP contribution >= 0.6 is 11.3 Å². The number of hydrogen-bond donors (Lipinski definition) is 1. The monoisotopic (exact) mass is 307 g/mol. The minimum absolute atomic E-state index is 0.146. The van der Waals surface area contributed by atoms with Gasteiger partial charge in [0, 0.05) is 15.8 Å². The first kappa shape index (κ1) is 14.7. The van der Waals surface area contributed by atoms with Gasteiger partial charge in [-0.25, -0.2) is 8.78 Å². The average Bonchev–Trinajstić information content (AvgIpc) is 2.74. The van der Waals surface area contributed by atoms with Crippen molar-refractivity contribution in [2.24, 2.45) is 5.73 Å². The lowest BCUT2D eigenvalue weighted by molar-refractivity contribution is 0.506. The van der Waals surface area contributed by atoms with Crippen LogP contribution in [0.2, 0.25) is 0 Å². The van der Waals surface area contributed by atoms with Crippen LogP contribution in [0.1, 0.15) is 46.2 Å². The van der Waals surface area contributed by atoms with E-state index in [1.165, 1.54) is 41.8 Å². The van der Waals surface area contributed by atoms with Gasteiger partial charge in [-0.05, 0) is 61.4 Å². The highest BCUT2D eigenvalue weighted by atomic mass is 32.1. The van der Waals surface area contributed by atoms with E-state index in [1.54, 1.807) is 17.4 Å². The second-order valence-corrected chi connectivity index (χ2v) is 6.89. The second-order valence-electron chi connectivity index (χ2n) is 5.72. The van der Waals surface area contributed by atoms with Crippen molar-refractivity contribution in [1.82, 2.24) is 0 Å². The molecule has 3 rings (SSSR count). The molecular formula is C17H19F2NS. The molecule has 0 amide bonds. The van der Waals surface area contributed by atoms with Crippen molar-refractivity contribution < 1.29 is 8.78 Å². The third kappa shape index (κ3) is 3.33. The van der Waals surface area contributed by atoms with E-state index in [9.17, 15) is 8.78 Å². The number of hydrogen-bond acceptors (Lipinski definition) is 2. The minimum Gasteiger partial charge on any atom is -0.323 e. The van der Waals surface area contributed by atoms with Crippen molar-refractivity contribution >= 4 is 11.3 Å². The van der Waals surface area contributed by atoms with Crippen LogP contribution in [0.25, 0.3) is 0 Å². The largest absolute Gasteiger partial charge is 0.323 e. The molecule has 1 aromatic carbocycles. The van der Waals surface area contributed by atoms with Gasteiger partial charge in [0.2, 0.25) is 0 Å². The van der Waals surface area contributed by atoms with E-state index in [4.69, 9.17) is 5.73 Å². The summed E-state index contributed by atoms with van der Waals surface area (Å²) in [5.74, 6) is -1.61. The molecule has 0 aliphatic heterocycles. The molecule has 4 heteroatoms. The maximum absolute atomic E-state index is 13.2. The van der Waals surface area contributed by atoms with Crippen molar-refractivity contribution in [3.05, 3.63) is 56.8 Å². The van der Waals surface area contributed by atoms with Gasteiger partial charge in [-0.3, -0.25) is 0 Å². The van der Waals surface area contributed by atoms with Crippen LogP contribution in [-0.2, 0) is 19.3 Å². The summed E-state index contributed by atoms with van der Waals surface area (Å²) in [6.07, 6.45) is 6.64. The van der Waals surface area contributed by atoms with Gasteiger partial charge in [0.05, 0.1) is 0 Å². The van der Waals surface area contributed by atoms with E-state index in [1.807, 2.05) is 0 Å². The molecule has 1 aromatic heterocycles. The van der Waals surface area contributed by atoms with Crippen molar-refractivity contribution in [3.8, 4) is 0 Å². The lowest BCUT2D eigenvalue weighted by Crippen LogP contribution is -2.12. The molecule has 0 spiro atoms. The molecule has 1 aliphatic rings. The highest BCUT2D eigenvalue weighted by Gasteiger charge is 2.17. The summed E-state index contributed by atoms with van der Waals surface area (Å²) >= 11 is 1.79. The second kappa shape index (κ2) is 6.24. The lowest BCUT2D eigenvalue weighted by atomic mass is 10.0. The first-order chi connectivity index (χ1) is 10.1. The van der Waals surface area contributed by atoms with Gasteiger partial charge in [-0.15, -0.1) is 11.3 Å². The molecule has 1 heterocycles. The van der Waals surface area contributed by atoms with Gasteiger partial charge in [-0.2, -0.15) is 0 Å². The van der Waals surface area contributed by atoms with E-state index < -0.39 is 11.6 Å². The molecular weight excluding hydrogens is 288 g/mol. The van der Waals surface area contributed by atoms with Gasteiger partial charge >= 0.3 is 0 Å². The third-order valence-electron chi connectivity index (χ3n) is 4.07. The number of nitrogens with two attached hydrogens (primary N) is 1. The zero-order valence-corrected chi connectivity index (χ0v) is 12.7. The average molecular weight is 307 g/mol. The van der Waals surface area contributed by atoms with Gasteiger partial charge in [0.1, 0.15) is 0 Å². The Kier molecular flexibility index (Phi) is 4.36. The number of aryl methyl sites for hydroxylation is 2. The Labute approximate surface area is 127 Å². The van der Waals surface area contributed by atoms with E-state index in [-0.39, 0.29) is 6.04 Å². The van der Waals surface area contributed by atoms with Gasteiger partial charge in [-0.1, -0.05) is 12.5 Å². The van der Waals surface area contributed by atoms with Crippen LogP contribution in [-0.4, -0.2) is 0 Å². The lowest BCUT2D eigenvalue weighted by Gasteiger charge is -2.10. The molecule has 1 unspecified atom stereocenters. The molecule has 0 saturated carbocycles. The third-order valence-corrected chi connectivity index (χ3v) is 5.44. The molecule has 2 aromatic rings. The Morgan fingerprint density at radius 3 is 2.67 bits per heavy atom. The SMILES string of the molecule is NC(Cc1ccc(F)c(F)c1)c1cc2c(s1)CCCCC2. The van der Waals surface area contributed by atoms with Crippen LogP contribution in [0.15, 0.2) is 24.3 Å². The zero-order valence-electron chi connectivity index (χ0n) is 11.9. The smallest absolute Gasteiger partial charge is 0.159 e. The predicted octanol–water partition coefficient (Wildman–Crippen LogP) is 4.54. The molecule has 0 bridgehead atoms. The minimum atomic E-state index is -0.810. The Balaban J connectivity index is 1.75. The fourth-order valence-electron chi connectivity index (χ4n) is 2.89. The molecule has 21 heavy (non-hydrogen) atoms. The van der Waals surface area contributed by atoms with Crippen molar-refractivity contribution in [1.29, 1.82) is 0 Å². The number of halogens is 2. The predicted molar refractivity (Wildman–Crippen MR) is 82.6 cm³/mol. The molecule has 0 saturated heterocycles. The van der Waals surface area contributed by atoms with Crippen LogP contribution in [0.3, 0.4) is 0 Å². The first-order valence-corrected chi connectivity index (χ1v) is 8.26. The number of fused-ring (bicyclic) bond motifs is 1. The first-order valence-electron chi connectivity index (χ1n) is 7.44. The van der Waals surface area contributed by atoms with E-state index in [0.717, 1.165) is 23.3 Å². The van der Waals surface area contributed by atoms with Crippen molar-refractivity contribution in [2.75, 3.05) is 0 Å². The molecule has 112 valence electrons. The highest BCUT2D eigenvalue weighted by Crippen LogP contribution is 2.32. The van der Waals surface area contributed by atoms with E-state index >= 15 is 0 Å². The van der Waals surface area contributed by atoms with Crippen LogP contribution in [0, 0.1) is 11.6 Å². The standard InChI is InChI=1S/C17H19F2NS/c18-13-7-6-11(8-14(13)19)9-15(20)17-10-12-4-2-1-3-5-16(12)21-17/h6-8,10,15H,1-5,9,20H2. The fourth-order valence-corrected chi connectivity index (χ4v) is 4.15. The van der Waals surface area contributed by atoms with Gasteiger partial charge < -0.3 is 5.73 Å². The topological polar surface area (TPSA) is 26.0 Å². The number of thiophene rings is 1. The summed E-state index contributed by atoms with van der Waals surface area (Å²) in [5.41, 5.74) is 8.44. The summed E-state index contributed by atoms with van der Waals surface area (Å²) in [4.78, 5) is 2.62. The van der Waals surface area contributed by atoms with Crippen LogP contribution < -0.4 is 5.73 Å². The molecule has 2 N–H and O–H groups in total. The molecule has 0 radical (unpaired) electrons. The number of rotatable bonds is 3. The Morgan fingerprint density at radius 1 is 1.05 bits per heavy atom. The molecule has 0 fully saturated rings. The zero-order chi connectivity index (χ0) is 14.8. The summed E-state index contributed by atoms with van der Waals surface area (Å²) in [7, 11) is 0.